The van der Waals surface area contributed by atoms with Crippen LogP contribution in [0.2, 0.25) is 0 Å². The van der Waals surface area contributed by atoms with Gasteiger partial charge >= 0.3 is 10.2 Å². The zero-order valence-corrected chi connectivity index (χ0v) is 11.9. The summed E-state index contributed by atoms with van der Waals surface area (Å²) in [6, 6.07) is 1.06. The molecule has 0 spiro atoms. The molecule has 1 amide bonds. The molecule has 19 heavy (non-hydrogen) atoms. The van der Waals surface area contributed by atoms with Crippen molar-refractivity contribution in [1.82, 2.24) is 4.98 Å². The summed E-state index contributed by atoms with van der Waals surface area (Å²) in [4.78, 5) is 16.7. The molecule has 2 heterocycles. The molecule has 1 aromatic rings. The van der Waals surface area contributed by atoms with Crippen molar-refractivity contribution in [2.24, 2.45) is 5.92 Å². The van der Waals surface area contributed by atoms with E-state index in [4.69, 9.17) is 0 Å². The SMILES string of the molecule is O=C1CC(CS(=O)(=O)F)CN1c1cc(F)c(Br)cn1. The van der Waals surface area contributed by atoms with Gasteiger partial charge in [-0.25, -0.2) is 9.37 Å². The van der Waals surface area contributed by atoms with Gasteiger partial charge in [0.05, 0.1) is 10.2 Å². The van der Waals surface area contributed by atoms with Gasteiger partial charge in [-0.15, -0.1) is 3.89 Å². The molecule has 2 rings (SSSR count). The number of amides is 1. The third-order valence-electron chi connectivity index (χ3n) is 2.71. The maximum atomic E-state index is 13.3. The zero-order valence-electron chi connectivity index (χ0n) is 9.51. The lowest BCUT2D eigenvalue weighted by Gasteiger charge is -2.15. The van der Waals surface area contributed by atoms with Gasteiger partial charge in [0.2, 0.25) is 5.91 Å². The largest absolute Gasteiger partial charge is 0.302 e. The van der Waals surface area contributed by atoms with E-state index in [-0.39, 0.29) is 23.3 Å². The Morgan fingerprint density at radius 3 is 2.79 bits per heavy atom. The van der Waals surface area contributed by atoms with Gasteiger partial charge in [-0.2, -0.15) is 8.42 Å². The molecule has 1 atom stereocenters. The minimum Gasteiger partial charge on any atom is -0.296 e. The first-order chi connectivity index (χ1) is 8.76. The zero-order chi connectivity index (χ0) is 14.2. The van der Waals surface area contributed by atoms with E-state index >= 15 is 0 Å². The Morgan fingerprint density at radius 2 is 2.21 bits per heavy atom. The maximum absolute atomic E-state index is 13.3. The second-order valence-corrected chi connectivity index (χ2v) is 6.50. The van der Waals surface area contributed by atoms with Crippen molar-refractivity contribution < 1.29 is 21.5 Å². The predicted octanol–water partition coefficient (Wildman–Crippen LogP) is 1.64. The molecule has 104 valence electrons. The van der Waals surface area contributed by atoms with Crippen LogP contribution in [0.1, 0.15) is 6.42 Å². The molecule has 1 unspecified atom stereocenters. The van der Waals surface area contributed by atoms with Crippen LogP contribution in [0.3, 0.4) is 0 Å². The number of anilines is 1. The lowest BCUT2D eigenvalue weighted by atomic mass is 10.1. The summed E-state index contributed by atoms with van der Waals surface area (Å²) in [6.07, 6.45) is 1.11. The molecule has 1 saturated heterocycles. The fourth-order valence-corrected chi connectivity index (χ4v) is 2.95. The van der Waals surface area contributed by atoms with Crippen LogP contribution in [0.15, 0.2) is 16.7 Å². The Labute approximate surface area is 117 Å². The van der Waals surface area contributed by atoms with Crippen molar-refractivity contribution in [2.75, 3.05) is 17.2 Å². The van der Waals surface area contributed by atoms with Gasteiger partial charge in [-0.3, -0.25) is 9.69 Å². The minimum absolute atomic E-state index is 0.00998. The Bertz CT molecular complexity index is 623. The van der Waals surface area contributed by atoms with E-state index in [0.29, 0.717) is 0 Å². The standard InChI is InChI=1S/C10H9BrF2N2O3S/c11-7-3-14-9(2-8(7)12)15-4-6(1-10(15)16)5-19(13,17)18/h2-3,6H,1,4-5H2. The molecule has 1 fully saturated rings. The second kappa shape index (κ2) is 5.12. The highest BCUT2D eigenvalue weighted by Gasteiger charge is 2.34. The Hall–Kier alpha value is -1.09. The van der Waals surface area contributed by atoms with Crippen molar-refractivity contribution in [3.63, 3.8) is 0 Å². The summed E-state index contributed by atoms with van der Waals surface area (Å²) in [5.74, 6) is -2.25. The number of rotatable bonds is 3. The molecule has 0 saturated carbocycles. The fourth-order valence-electron chi connectivity index (χ4n) is 1.95. The molecule has 0 N–H and O–H groups in total. The Balaban J connectivity index is 2.18. The van der Waals surface area contributed by atoms with E-state index < -0.39 is 33.6 Å². The summed E-state index contributed by atoms with van der Waals surface area (Å²) in [5, 5.41) is 0. The highest BCUT2D eigenvalue weighted by atomic mass is 79.9. The average molecular weight is 355 g/mol. The molecular weight excluding hydrogens is 346 g/mol. The number of carbonyl (C=O) groups is 1. The number of carbonyl (C=O) groups excluding carboxylic acids is 1. The van der Waals surface area contributed by atoms with Crippen molar-refractivity contribution in [3.8, 4) is 0 Å². The summed E-state index contributed by atoms with van der Waals surface area (Å²) in [7, 11) is -4.63. The number of nitrogens with zero attached hydrogens (tertiary/aromatic N) is 2. The smallest absolute Gasteiger partial charge is 0.296 e. The van der Waals surface area contributed by atoms with Gasteiger partial charge in [0.1, 0.15) is 11.6 Å². The van der Waals surface area contributed by atoms with E-state index in [1.165, 1.54) is 6.20 Å². The number of hydrogen-bond acceptors (Lipinski definition) is 4. The monoisotopic (exact) mass is 354 g/mol. The lowest BCUT2D eigenvalue weighted by molar-refractivity contribution is -0.117. The highest BCUT2D eigenvalue weighted by molar-refractivity contribution is 9.10. The summed E-state index contributed by atoms with van der Waals surface area (Å²) < 4.78 is 47.2. The van der Waals surface area contributed by atoms with Crippen molar-refractivity contribution in [3.05, 3.63) is 22.6 Å². The van der Waals surface area contributed by atoms with Crippen molar-refractivity contribution >= 4 is 37.9 Å². The first-order valence-electron chi connectivity index (χ1n) is 5.30. The molecule has 5 nitrogen and oxygen atoms in total. The van der Waals surface area contributed by atoms with Gasteiger partial charge < -0.3 is 0 Å². The van der Waals surface area contributed by atoms with Gasteiger partial charge in [0, 0.05) is 31.1 Å². The summed E-state index contributed by atoms with van der Waals surface area (Å²) in [5.41, 5.74) is 0. The number of halogens is 3. The molecule has 1 aromatic heterocycles. The second-order valence-electron chi connectivity index (χ2n) is 4.24. The van der Waals surface area contributed by atoms with Crippen LogP contribution < -0.4 is 4.90 Å². The molecule has 0 radical (unpaired) electrons. The summed E-state index contributed by atoms with van der Waals surface area (Å²) >= 11 is 2.93. The third-order valence-corrected chi connectivity index (χ3v) is 4.16. The highest BCUT2D eigenvalue weighted by Crippen LogP contribution is 2.26. The number of hydrogen-bond donors (Lipinski definition) is 0. The molecule has 1 aliphatic rings. The van der Waals surface area contributed by atoms with Crippen LogP contribution in [0, 0.1) is 11.7 Å². The molecule has 0 aromatic carbocycles. The molecule has 1 aliphatic heterocycles. The lowest BCUT2D eigenvalue weighted by Crippen LogP contribution is -2.26. The average Bonchev–Trinajstić information content (AvgIpc) is 2.61. The molecule has 0 bridgehead atoms. The quantitative estimate of drug-likeness (QED) is 0.773. The van der Waals surface area contributed by atoms with Gasteiger partial charge in [-0.05, 0) is 15.9 Å². The van der Waals surface area contributed by atoms with Crippen molar-refractivity contribution in [2.45, 2.75) is 6.42 Å². The maximum Gasteiger partial charge on any atom is 0.302 e. The molecular formula is C10H9BrF2N2O3S. The van der Waals surface area contributed by atoms with Crippen LogP contribution >= 0.6 is 15.9 Å². The first kappa shape index (κ1) is 14.3. The number of aromatic nitrogens is 1. The Kier molecular flexibility index (Phi) is 3.86. The van der Waals surface area contributed by atoms with Gasteiger partial charge in [0.15, 0.2) is 0 Å². The number of pyridine rings is 1. The third kappa shape index (κ3) is 3.47. The Morgan fingerprint density at radius 1 is 1.53 bits per heavy atom. The van der Waals surface area contributed by atoms with Crippen LogP contribution in [0.4, 0.5) is 14.1 Å². The van der Waals surface area contributed by atoms with Crippen LogP contribution in [-0.2, 0) is 15.0 Å². The molecule has 0 aliphatic carbocycles. The van der Waals surface area contributed by atoms with Gasteiger partial charge in [-0.1, -0.05) is 0 Å². The van der Waals surface area contributed by atoms with Crippen LogP contribution in [-0.4, -0.2) is 31.6 Å². The fraction of sp³-hybridized carbons (Fsp3) is 0.400. The van der Waals surface area contributed by atoms with E-state index in [0.717, 1.165) is 11.0 Å². The van der Waals surface area contributed by atoms with Crippen LogP contribution in [0.5, 0.6) is 0 Å². The van der Waals surface area contributed by atoms with E-state index in [1.54, 1.807) is 0 Å². The van der Waals surface area contributed by atoms with Gasteiger partial charge in [0.25, 0.3) is 0 Å². The predicted molar refractivity (Wildman–Crippen MR) is 67.2 cm³/mol. The molecule has 9 heteroatoms. The topological polar surface area (TPSA) is 67.3 Å². The van der Waals surface area contributed by atoms with E-state index in [2.05, 4.69) is 20.9 Å². The first-order valence-corrected chi connectivity index (χ1v) is 7.64. The van der Waals surface area contributed by atoms with E-state index in [1.807, 2.05) is 0 Å². The minimum atomic E-state index is -4.63. The van der Waals surface area contributed by atoms with Crippen LogP contribution in [0.25, 0.3) is 0 Å². The van der Waals surface area contributed by atoms with Crippen molar-refractivity contribution in [1.29, 1.82) is 0 Å². The summed E-state index contributed by atoms with van der Waals surface area (Å²) in [6.45, 7) is 0.00998. The van der Waals surface area contributed by atoms with E-state index in [9.17, 15) is 21.5 Å². The normalized spacial score (nSPS) is 20.1.